The lowest BCUT2D eigenvalue weighted by atomic mass is 10.0. The molecule has 0 saturated carbocycles. The SMILES string of the molecule is CC(C)C1CN(CCC(=O)O)c2cc(F)ccc2O1. The number of ether oxygens (including phenoxy) is 1. The van der Waals surface area contributed by atoms with E-state index in [2.05, 4.69) is 13.8 Å². The van der Waals surface area contributed by atoms with Gasteiger partial charge in [0.15, 0.2) is 0 Å². The summed E-state index contributed by atoms with van der Waals surface area (Å²) in [6.07, 6.45) is 0.0209. The molecule has 4 nitrogen and oxygen atoms in total. The van der Waals surface area contributed by atoms with Crippen molar-refractivity contribution in [1.82, 2.24) is 0 Å². The molecule has 1 heterocycles. The van der Waals surface area contributed by atoms with E-state index in [1.807, 2.05) is 4.90 Å². The summed E-state index contributed by atoms with van der Waals surface area (Å²) in [6, 6.07) is 4.36. The molecule has 2 rings (SSSR count). The minimum atomic E-state index is -0.856. The van der Waals surface area contributed by atoms with E-state index in [4.69, 9.17) is 9.84 Å². The van der Waals surface area contributed by atoms with E-state index in [0.29, 0.717) is 30.4 Å². The minimum absolute atomic E-state index is 0.00763. The third-order valence-corrected chi connectivity index (χ3v) is 3.28. The number of anilines is 1. The van der Waals surface area contributed by atoms with Crippen LogP contribution in [-0.2, 0) is 4.79 Å². The zero-order chi connectivity index (χ0) is 14.0. The van der Waals surface area contributed by atoms with Crippen LogP contribution in [0.4, 0.5) is 10.1 Å². The number of rotatable bonds is 4. The quantitative estimate of drug-likeness (QED) is 0.910. The second kappa shape index (κ2) is 5.47. The van der Waals surface area contributed by atoms with E-state index in [1.165, 1.54) is 12.1 Å². The van der Waals surface area contributed by atoms with E-state index in [1.54, 1.807) is 6.07 Å². The number of nitrogens with zero attached hydrogens (tertiary/aromatic N) is 1. The number of carboxylic acid groups (broad SMARTS) is 1. The molecule has 0 radical (unpaired) electrons. The summed E-state index contributed by atoms with van der Waals surface area (Å²) in [5.74, 6) is -0.265. The number of carbonyl (C=O) groups is 1. The normalized spacial score (nSPS) is 18.1. The molecule has 0 fully saturated rings. The molecule has 1 aliphatic heterocycles. The van der Waals surface area contributed by atoms with Crippen LogP contribution >= 0.6 is 0 Å². The average molecular weight is 267 g/mol. The van der Waals surface area contributed by atoms with Gasteiger partial charge in [-0.2, -0.15) is 0 Å². The number of carboxylic acids is 1. The molecule has 0 amide bonds. The monoisotopic (exact) mass is 267 g/mol. The van der Waals surface area contributed by atoms with Gasteiger partial charge in [0.2, 0.25) is 0 Å². The Morgan fingerprint density at radius 2 is 2.32 bits per heavy atom. The molecule has 1 N–H and O–H groups in total. The molecule has 0 saturated heterocycles. The Kier molecular flexibility index (Phi) is 3.93. The fraction of sp³-hybridized carbons (Fsp3) is 0.500. The van der Waals surface area contributed by atoms with Crippen LogP contribution in [0.3, 0.4) is 0 Å². The maximum Gasteiger partial charge on any atom is 0.305 e. The van der Waals surface area contributed by atoms with Gasteiger partial charge in [0, 0.05) is 12.6 Å². The Morgan fingerprint density at radius 3 is 2.95 bits per heavy atom. The largest absolute Gasteiger partial charge is 0.486 e. The summed E-state index contributed by atoms with van der Waals surface area (Å²) in [5.41, 5.74) is 0.637. The van der Waals surface area contributed by atoms with Crippen molar-refractivity contribution in [3.8, 4) is 5.75 Å². The minimum Gasteiger partial charge on any atom is -0.486 e. The van der Waals surface area contributed by atoms with Crippen LogP contribution in [0.2, 0.25) is 0 Å². The first-order valence-electron chi connectivity index (χ1n) is 6.40. The number of aliphatic carboxylic acids is 1. The zero-order valence-corrected chi connectivity index (χ0v) is 11.1. The van der Waals surface area contributed by atoms with Crippen LogP contribution in [0, 0.1) is 11.7 Å². The van der Waals surface area contributed by atoms with E-state index >= 15 is 0 Å². The van der Waals surface area contributed by atoms with Crippen LogP contribution in [-0.4, -0.2) is 30.3 Å². The van der Waals surface area contributed by atoms with E-state index < -0.39 is 5.97 Å². The molecule has 104 valence electrons. The number of hydrogen-bond donors (Lipinski definition) is 1. The lowest BCUT2D eigenvalue weighted by Gasteiger charge is -2.37. The van der Waals surface area contributed by atoms with Gasteiger partial charge < -0.3 is 14.7 Å². The van der Waals surface area contributed by atoms with Crippen LogP contribution in [0.15, 0.2) is 18.2 Å². The fourth-order valence-corrected chi connectivity index (χ4v) is 2.14. The van der Waals surface area contributed by atoms with Gasteiger partial charge in [-0.05, 0) is 18.1 Å². The fourth-order valence-electron chi connectivity index (χ4n) is 2.14. The van der Waals surface area contributed by atoms with Crippen LogP contribution in [0.5, 0.6) is 5.75 Å². The van der Waals surface area contributed by atoms with Gasteiger partial charge in [-0.15, -0.1) is 0 Å². The van der Waals surface area contributed by atoms with Gasteiger partial charge in [0.1, 0.15) is 17.7 Å². The van der Waals surface area contributed by atoms with Crippen molar-refractivity contribution in [1.29, 1.82) is 0 Å². The van der Waals surface area contributed by atoms with Crippen molar-refractivity contribution in [2.75, 3.05) is 18.0 Å². The molecule has 1 unspecified atom stereocenters. The highest BCUT2D eigenvalue weighted by Gasteiger charge is 2.28. The highest BCUT2D eigenvalue weighted by molar-refractivity contribution is 5.68. The van der Waals surface area contributed by atoms with Crippen molar-refractivity contribution in [2.45, 2.75) is 26.4 Å². The summed E-state index contributed by atoms with van der Waals surface area (Å²) >= 11 is 0. The Hall–Kier alpha value is -1.78. The number of fused-ring (bicyclic) bond motifs is 1. The average Bonchev–Trinajstić information content (AvgIpc) is 2.35. The summed E-state index contributed by atoms with van der Waals surface area (Å²) < 4.78 is 19.2. The van der Waals surface area contributed by atoms with Gasteiger partial charge in [-0.3, -0.25) is 4.79 Å². The second-order valence-corrected chi connectivity index (χ2v) is 5.10. The van der Waals surface area contributed by atoms with Gasteiger partial charge in [-0.25, -0.2) is 4.39 Å². The first-order valence-corrected chi connectivity index (χ1v) is 6.40. The number of benzene rings is 1. The molecule has 0 bridgehead atoms. The molecular formula is C14H18FNO3. The lowest BCUT2D eigenvalue weighted by Crippen LogP contribution is -2.43. The topological polar surface area (TPSA) is 49.8 Å². The van der Waals surface area contributed by atoms with Gasteiger partial charge in [0.05, 0.1) is 18.7 Å². The van der Waals surface area contributed by atoms with E-state index in [0.717, 1.165) is 0 Å². The summed E-state index contributed by atoms with van der Waals surface area (Å²) in [6.45, 7) is 5.04. The summed E-state index contributed by atoms with van der Waals surface area (Å²) in [7, 11) is 0. The van der Waals surface area contributed by atoms with Gasteiger partial charge in [0.25, 0.3) is 0 Å². The Bertz CT molecular complexity index is 476. The Balaban J connectivity index is 2.25. The highest BCUT2D eigenvalue weighted by atomic mass is 19.1. The first kappa shape index (κ1) is 13.6. The molecular weight excluding hydrogens is 249 g/mol. The zero-order valence-electron chi connectivity index (χ0n) is 11.1. The van der Waals surface area contributed by atoms with Gasteiger partial charge in [-0.1, -0.05) is 13.8 Å². The standard InChI is InChI=1S/C14H18FNO3/c1-9(2)13-8-16(6-5-14(17)18)11-7-10(15)3-4-12(11)19-13/h3-4,7,9,13H,5-6,8H2,1-2H3,(H,17,18). The summed E-state index contributed by atoms with van der Waals surface area (Å²) in [5, 5.41) is 8.79. The van der Waals surface area contributed by atoms with E-state index in [-0.39, 0.29) is 18.3 Å². The number of hydrogen-bond acceptors (Lipinski definition) is 3. The lowest BCUT2D eigenvalue weighted by molar-refractivity contribution is -0.136. The molecule has 19 heavy (non-hydrogen) atoms. The second-order valence-electron chi connectivity index (χ2n) is 5.10. The van der Waals surface area contributed by atoms with Crippen molar-refractivity contribution in [3.63, 3.8) is 0 Å². The predicted molar refractivity (Wildman–Crippen MR) is 70.1 cm³/mol. The van der Waals surface area contributed by atoms with Gasteiger partial charge >= 0.3 is 5.97 Å². The van der Waals surface area contributed by atoms with Crippen LogP contribution in [0.25, 0.3) is 0 Å². The number of halogens is 1. The third-order valence-electron chi connectivity index (χ3n) is 3.28. The molecule has 1 aliphatic rings. The molecule has 1 aromatic rings. The molecule has 0 spiro atoms. The van der Waals surface area contributed by atoms with Crippen LogP contribution in [0.1, 0.15) is 20.3 Å². The molecule has 5 heteroatoms. The van der Waals surface area contributed by atoms with Crippen molar-refractivity contribution >= 4 is 11.7 Å². The van der Waals surface area contributed by atoms with Crippen molar-refractivity contribution < 1.29 is 19.0 Å². The first-order chi connectivity index (χ1) is 8.97. The van der Waals surface area contributed by atoms with Crippen LogP contribution < -0.4 is 9.64 Å². The Morgan fingerprint density at radius 1 is 1.58 bits per heavy atom. The predicted octanol–water partition coefficient (Wildman–Crippen LogP) is 2.52. The third kappa shape index (κ3) is 3.16. The Labute approximate surface area is 111 Å². The molecule has 1 atom stereocenters. The highest BCUT2D eigenvalue weighted by Crippen LogP contribution is 2.35. The van der Waals surface area contributed by atoms with E-state index in [9.17, 15) is 9.18 Å². The smallest absolute Gasteiger partial charge is 0.305 e. The maximum absolute atomic E-state index is 13.3. The van der Waals surface area contributed by atoms with Crippen molar-refractivity contribution in [3.05, 3.63) is 24.0 Å². The molecule has 1 aromatic carbocycles. The summed E-state index contributed by atoms with van der Waals surface area (Å²) in [4.78, 5) is 12.6. The molecule has 0 aromatic heterocycles. The maximum atomic E-state index is 13.3. The van der Waals surface area contributed by atoms with Crippen molar-refractivity contribution in [2.24, 2.45) is 5.92 Å². The molecule has 0 aliphatic carbocycles.